The Kier molecular flexibility index (Phi) is 5.44. The number of hydrogen-bond donors (Lipinski definition) is 2. The van der Waals surface area contributed by atoms with E-state index in [1.165, 1.54) is 0 Å². The predicted molar refractivity (Wildman–Crippen MR) is 79.1 cm³/mol. The first-order valence-electron chi connectivity index (χ1n) is 7.09. The highest BCUT2D eigenvalue weighted by Crippen LogP contribution is 2.28. The minimum Gasteiger partial charge on any atom is -0.493 e. The zero-order chi connectivity index (χ0) is 14.4. The van der Waals surface area contributed by atoms with Crippen LogP contribution in [0.4, 0.5) is 0 Å². The van der Waals surface area contributed by atoms with Crippen molar-refractivity contribution in [2.75, 3.05) is 20.3 Å². The monoisotopic (exact) mass is 277 g/mol. The van der Waals surface area contributed by atoms with Gasteiger partial charge in [0.15, 0.2) is 11.5 Å². The fourth-order valence-corrected chi connectivity index (χ4v) is 2.41. The van der Waals surface area contributed by atoms with Gasteiger partial charge in [0.1, 0.15) is 0 Å². The van der Waals surface area contributed by atoms with Crippen molar-refractivity contribution in [1.29, 1.82) is 0 Å². The molecule has 20 heavy (non-hydrogen) atoms. The van der Waals surface area contributed by atoms with E-state index in [0.29, 0.717) is 18.6 Å². The maximum atomic E-state index is 9.11. The predicted octanol–water partition coefficient (Wildman–Crippen LogP) is 2.12. The highest BCUT2D eigenvalue weighted by atomic mass is 16.5. The molecule has 0 fully saturated rings. The number of aliphatic hydroxyl groups is 1. The van der Waals surface area contributed by atoms with Gasteiger partial charge in [0.25, 0.3) is 0 Å². The summed E-state index contributed by atoms with van der Waals surface area (Å²) in [5, 5.41) is 12.6. The van der Waals surface area contributed by atoms with E-state index in [-0.39, 0.29) is 6.61 Å². The summed E-state index contributed by atoms with van der Waals surface area (Å²) < 4.78 is 10.9. The molecule has 1 aromatic carbocycles. The number of nitrogens with one attached hydrogen (secondary N) is 1. The van der Waals surface area contributed by atoms with E-state index in [1.54, 1.807) is 7.11 Å². The van der Waals surface area contributed by atoms with Crippen molar-refractivity contribution in [2.45, 2.75) is 25.9 Å². The number of rotatable bonds is 7. The van der Waals surface area contributed by atoms with Gasteiger partial charge in [-0.05, 0) is 31.0 Å². The number of ether oxygens (including phenoxy) is 2. The average Bonchev–Trinajstić information content (AvgIpc) is 2.94. The molecule has 2 rings (SSSR count). The van der Waals surface area contributed by atoms with Crippen LogP contribution in [-0.2, 0) is 6.54 Å². The first-order valence-corrected chi connectivity index (χ1v) is 7.09. The van der Waals surface area contributed by atoms with E-state index in [4.69, 9.17) is 14.6 Å². The molecule has 4 nitrogen and oxygen atoms in total. The summed E-state index contributed by atoms with van der Waals surface area (Å²) in [5.74, 6) is 1.84. The van der Waals surface area contributed by atoms with E-state index in [1.807, 2.05) is 25.1 Å². The van der Waals surface area contributed by atoms with Gasteiger partial charge < -0.3 is 19.9 Å². The second-order valence-corrected chi connectivity index (χ2v) is 4.97. The molecule has 0 saturated carbocycles. The lowest BCUT2D eigenvalue weighted by Gasteiger charge is -2.14. The minimum atomic E-state index is 0.228. The van der Waals surface area contributed by atoms with Crippen LogP contribution in [0.3, 0.4) is 0 Å². The van der Waals surface area contributed by atoms with Gasteiger partial charge in [0.2, 0.25) is 0 Å². The van der Waals surface area contributed by atoms with E-state index >= 15 is 0 Å². The van der Waals surface area contributed by atoms with E-state index in [0.717, 1.165) is 30.0 Å². The molecule has 0 unspecified atom stereocenters. The largest absolute Gasteiger partial charge is 0.493 e. The second-order valence-electron chi connectivity index (χ2n) is 4.97. The molecule has 0 aromatic heterocycles. The van der Waals surface area contributed by atoms with Crippen LogP contribution in [0.1, 0.15) is 18.9 Å². The van der Waals surface area contributed by atoms with Crippen molar-refractivity contribution in [3.8, 4) is 11.5 Å². The molecule has 2 N–H and O–H groups in total. The number of methoxy groups -OCH3 is 1. The molecule has 1 aliphatic rings. The van der Waals surface area contributed by atoms with Crippen molar-refractivity contribution in [1.82, 2.24) is 5.32 Å². The van der Waals surface area contributed by atoms with E-state index in [2.05, 4.69) is 17.5 Å². The Labute approximate surface area is 120 Å². The molecule has 0 radical (unpaired) electrons. The summed E-state index contributed by atoms with van der Waals surface area (Å²) in [6, 6.07) is 6.33. The molecular weight excluding hydrogens is 254 g/mol. The third-order valence-corrected chi connectivity index (χ3v) is 3.50. The standard InChI is InChI=1S/C16H23NO3/c1-3-20-15-7-5-12(9-16(15)19-2)10-17-14-6-4-13(8-14)11-18/h4-7,9,13-14,17-18H,3,8,10-11H2,1-2H3/t13-,14+/m0/s1. The summed E-state index contributed by atoms with van der Waals surface area (Å²) in [6.07, 6.45) is 5.17. The van der Waals surface area contributed by atoms with Crippen molar-refractivity contribution in [3.63, 3.8) is 0 Å². The topological polar surface area (TPSA) is 50.7 Å². The Bertz CT molecular complexity index is 459. The van der Waals surface area contributed by atoms with Gasteiger partial charge in [0.05, 0.1) is 13.7 Å². The Morgan fingerprint density at radius 1 is 1.30 bits per heavy atom. The number of hydrogen-bond acceptors (Lipinski definition) is 4. The Balaban J connectivity index is 1.92. The SMILES string of the molecule is CCOc1ccc(CN[C@@H]2C=C[C@H](CO)C2)cc1OC. The Hall–Kier alpha value is -1.52. The molecule has 0 spiro atoms. The lowest BCUT2D eigenvalue weighted by Crippen LogP contribution is -2.26. The van der Waals surface area contributed by atoms with Crippen LogP contribution in [0.15, 0.2) is 30.4 Å². The van der Waals surface area contributed by atoms with Crippen molar-refractivity contribution in [2.24, 2.45) is 5.92 Å². The van der Waals surface area contributed by atoms with Crippen molar-refractivity contribution < 1.29 is 14.6 Å². The van der Waals surface area contributed by atoms with Gasteiger partial charge in [-0.3, -0.25) is 0 Å². The van der Waals surface area contributed by atoms with Crippen LogP contribution >= 0.6 is 0 Å². The number of benzene rings is 1. The number of aliphatic hydroxyl groups excluding tert-OH is 1. The zero-order valence-corrected chi connectivity index (χ0v) is 12.1. The van der Waals surface area contributed by atoms with Gasteiger partial charge in [-0.15, -0.1) is 0 Å². The lowest BCUT2D eigenvalue weighted by atomic mass is 10.1. The molecule has 4 heteroatoms. The van der Waals surface area contributed by atoms with E-state index in [9.17, 15) is 0 Å². The average molecular weight is 277 g/mol. The first kappa shape index (κ1) is 14.9. The van der Waals surface area contributed by atoms with E-state index < -0.39 is 0 Å². The van der Waals surface area contributed by atoms with Crippen LogP contribution in [0.25, 0.3) is 0 Å². The molecule has 110 valence electrons. The second kappa shape index (κ2) is 7.31. The molecule has 0 aliphatic heterocycles. The molecule has 0 amide bonds. The van der Waals surface area contributed by atoms with Crippen LogP contribution in [-0.4, -0.2) is 31.5 Å². The smallest absolute Gasteiger partial charge is 0.161 e. The van der Waals surface area contributed by atoms with Crippen LogP contribution in [0, 0.1) is 5.92 Å². The normalized spacial score (nSPS) is 21.1. The summed E-state index contributed by atoms with van der Waals surface area (Å²) in [6.45, 7) is 3.59. The lowest BCUT2D eigenvalue weighted by molar-refractivity contribution is 0.246. The molecule has 0 heterocycles. The van der Waals surface area contributed by atoms with Gasteiger partial charge in [-0.25, -0.2) is 0 Å². The molecule has 1 aromatic rings. The molecular formula is C16H23NO3. The fraction of sp³-hybridized carbons (Fsp3) is 0.500. The van der Waals surface area contributed by atoms with Crippen molar-refractivity contribution in [3.05, 3.63) is 35.9 Å². The van der Waals surface area contributed by atoms with Crippen LogP contribution in [0.2, 0.25) is 0 Å². The zero-order valence-electron chi connectivity index (χ0n) is 12.1. The Morgan fingerprint density at radius 3 is 2.80 bits per heavy atom. The van der Waals surface area contributed by atoms with Crippen molar-refractivity contribution >= 4 is 0 Å². The molecule has 0 bridgehead atoms. The highest BCUT2D eigenvalue weighted by molar-refractivity contribution is 5.43. The van der Waals surface area contributed by atoms with Gasteiger partial charge in [0, 0.05) is 25.1 Å². The molecule has 2 atom stereocenters. The maximum Gasteiger partial charge on any atom is 0.161 e. The summed E-state index contributed by atoms with van der Waals surface area (Å²) in [5.41, 5.74) is 1.16. The molecule has 0 saturated heterocycles. The summed E-state index contributed by atoms with van der Waals surface area (Å²) in [7, 11) is 1.65. The van der Waals surface area contributed by atoms with Gasteiger partial charge >= 0.3 is 0 Å². The maximum absolute atomic E-state index is 9.11. The van der Waals surface area contributed by atoms with Gasteiger partial charge in [-0.1, -0.05) is 18.2 Å². The minimum absolute atomic E-state index is 0.228. The third kappa shape index (κ3) is 3.74. The van der Waals surface area contributed by atoms with Gasteiger partial charge in [-0.2, -0.15) is 0 Å². The summed E-state index contributed by atoms with van der Waals surface area (Å²) >= 11 is 0. The quantitative estimate of drug-likeness (QED) is 0.750. The van der Waals surface area contributed by atoms with Crippen LogP contribution in [0.5, 0.6) is 11.5 Å². The fourth-order valence-electron chi connectivity index (χ4n) is 2.41. The summed E-state index contributed by atoms with van der Waals surface area (Å²) in [4.78, 5) is 0. The third-order valence-electron chi connectivity index (χ3n) is 3.50. The Morgan fingerprint density at radius 2 is 2.15 bits per heavy atom. The van der Waals surface area contributed by atoms with Crippen LogP contribution < -0.4 is 14.8 Å². The highest BCUT2D eigenvalue weighted by Gasteiger charge is 2.17. The first-order chi connectivity index (χ1) is 9.76. The molecule has 1 aliphatic carbocycles.